The monoisotopic (exact) mass is 381 g/mol. The van der Waals surface area contributed by atoms with Crippen LogP contribution in [-0.2, 0) is 0 Å². The van der Waals surface area contributed by atoms with Crippen LogP contribution in [0.25, 0.3) is 33.1 Å². The van der Waals surface area contributed by atoms with Crippen LogP contribution in [0.15, 0.2) is 66.7 Å². The summed E-state index contributed by atoms with van der Waals surface area (Å²) in [6.45, 7) is 0. The molecule has 3 aromatic carbocycles. The third kappa shape index (κ3) is 3.04. The number of hydrogen-bond donors (Lipinski definition) is 2. The summed E-state index contributed by atoms with van der Waals surface area (Å²) < 4.78 is 0. The zero-order chi connectivity index (χ0) is 20.0. The van der Waals surface area contributed by atoms with Gasteiger partial charge in [0.2, 0.25) is 0 Å². The van der Waals surface area contributed by atoms with Gasteiger partial charge in [0.05, 0.1) is 11.0 Å². The highest BCUT2D eigenvalue weighted by Crippen LogP contribution is 2.26. The Morgan fingerprint density at radius 3 is 2.38 bits per heavy atom. The zero-order valence-corrected chi connectivity index (χ0v) is 16.1. The number of nitrogens with zero attached hydrogens (tertiary/aromatic N) is 3. The van der Waals surface area contributed by atoms with E-state index >= 15 is 0 Å². The van der Waals surface area contributed by atoms with Gasteiger partial charge in [-0.2, -0.15) is 0 Å². The van der Waals surface area contributed by atoms with Crippen molar-refractivity contribution in [3.63, 3.8) is 0 Å². The van der Waals surface area contributed by atoms with Crippen molar-refractivity contribution in [2.24, 2.45) is 0 Å². The van der Waals surface area contributed by atoms with Gasteiger partial charge in [-0.25, -0.2) is 9.97 Å². The molecule has 0 radical (unpaired) electrons. The Morgan fingerprint density at radius 1 is 0.931 bits per heavy atom. The second-order valence-electron chi connectivity index (χ2n) is 7.19. The topological polar surface area (TPSA) is 73.9 Å². The minimum atomic E-state index is -0.160. The smallest absolute Gasteiger partial charge is 0.255 e. The molecule has 29 heavy (non-hydrogen) atoms. The number of carbonyl (C=O) groups excluding carboxylic acids is 1. The maximum Gasteiger partial charge on any atom is 0.255 e. The lowest BCUT2D eigenvalue weighted by Crippen LogP contribution is -2.12. The van der Waals surface area contributed by atoms with E-state index in [0.717, 1.165) is 44.5 Å². The Balaban J connectivity index is 1.52. The summed E-state index contributed by atoms with van der Waals surface area (Å²) in [5.41, 5.74) is 6.47. The van der Waals surface area contributed by atoms with Crippen LogP contribution in [0.3, 0.4) is 0 Å². The predicted molar refractivity (Wildman–Crippen MR) is 118 cm³/mol. The van der Waals surface area contributed by atoms with Crippen LogP contribution in [0.4, 0.5) is 11.4 Å². The molecule has 0 saturated heterocycles. The molecule has 0 spiro atoms. The number of anilines is 2. The van der Waals surface area contributed by atoms with Crippen LogP contribution < -0.4 is 10.2 Å². The molecule has 142 valence electrons. The van der Waals surface area contributed by atoms with Crippen LogP contribution in [0.1, 0.15) is 10.4 Å². The van der Waals surface area contributed by atoms with Gasteiger partial charge in [0, 0.05) is 41.9 Å². The molecule has 6 heteroatoms. The van der Waals surface area contributed by atoms with E-state index in [4.69, 9.17) is 4.98 Å². The lowest BCUT2D eigenvalue weighted by Gasteiger charge is -2.13. The molecule has 5 aromatic rings. The van der Waals surface area contributed by atoms with E-state index in [1.165, 1.54) is 0 Å². The van der Waals surface area contributed by atoms with Gasteiger partial charge in [0.1, 0.15) is 5.52 Å². The number of amides is 1. The summed E-state index contributed by atoms with van der Waals surface area (Å²) in [6.07, 6.45) is 0. The molecule has 0 unspecified atom stereocenters. The molecule has 2 aromatic heterocycles. The molecule has 2 N–H and O–H groups in total. The maximum atomic E-state index is 12.8. The lowest BCUT2D eigenvalue weighted by molar-refractivity contribution is 0.102. The Labute approximate surface area is 167 Å². The first-order valence-corrected chi connectivity index (χ1v) is 9.35. The average Bonchev–Trinajstić information content (AvgIpc) is 3.09. The molecule has 6 nitrogen and oxygen atoms in total. The number of hydrogen-bond acceptors (Lipinski definition) is 4. The van der Waals surface area contributed by atoms with Crippen LogP contribution in [-0.4, -0.2) is 35.0 Å². The van der Waals surface area contributed by atoms with Crippen molar-refractivity contribution in [1.29, 1.82) is 0 Å². The van der Waals surface area contributed by atoms with Gasteiger partial charge in [-0.3, -0.25) is 4.79 Å². The number of aromatic amines is 1. The molecular formula is C23H19N5O. The van der Waals surface area contributed by atoms with Gasteiger partial charge in [-0.05, 0) is 54.6 Å². The third-order valence-electron chi connectivity index (χ3n) is 5.00. The number of rotatable bonds is 3. The zero-order valence-electron chi connectivity index (χ0n) is 16.1. The predicted octanol–water partition coefficient (Wildman–Crippen LogP) is 4.58. The van der Waals surface area contributed by atoms with Crippen LogP contribution >= 0.6 is 0 Å². The van der Waals surface area contributed by atoms with Gasteiger partial charge in [0.25, 0.3) is 5.91 Å². The maximum absolute atomic E-state index is 12.8. The molecule has 0 aliphatic heterocycles. The fourth-order valence-electron chi connectivity index (χ4n) is 3.44. The van der Waals surface area contributed by atoms with Gasteiger partial charge in [-0.15, -0.1) is 0 Å². The molecule has 0 saturated carbocycles. The van der Waals surface area contributed by atoms with Crippen molar-refractivity contribution in [2.75, 3.05) is 24.3 Å². The van der Waals surface area contributed by atoms with E-state index in [2.05, 4.69) is 15.3 Å². The van der Waals surface area contributed by atoms with Crippen molar-refractivity contribution in [1.82, 2.24) is 15.0 Å². The second-order valence-corrected chi connectivity index (χ2v) is 7.19. The SMILES string of the molecule is CN(C)c1ccc(NC(=O)c2ccc3[nH]c4nc5ccccc5nc4c3c2)cc1. The van der Waals surface area contributed by atoms with Crippen molar-refractivity contribution in [3.8, 4) is 0 Å². The number of fused-ring (bicyclic) bond motifs is 4. The molecular weight excluding hydrogens is 362 g/mol. The van der Waals surface area contributed by atoms with E-state index in [-0.39, 0.29) is 5.91 Å². The minimum Gasteiger partial charge on any atom is -0.378 e. The third-order valence-corrected chi connectivity index (χ3v) is 5.00. The molecule has 0 bridgehead atoms. The van der Waals surface area contributed by atoms with Crippen LogP contribution in [0.2, 0.25) is 0 Å². The number of H-pyrrole nitrogens is 1. The van der Waals surface area contributed by atoms with Crippen molar-refractivity contribution >= 4 is 50.4 Å². The lowest BCUT2D eigenvalue weighted by atomic mass is 10.1. The van der Waals surface area contributed by atoms with Crippen LogP contribution in [0.5, 0.6) is 0 Å². The first-order valence-electron chi connectivity index (χ1n) is 9.35. The number of benzene rings is 3. The highest BCUT2D eigenvalue weighted by atomic mass is 16.1. The van der Waals surface area contributed by atoms with Crippen molar-refractivity contribution in [2.45, 2.75) is 0 Å². The second kappa shape index (κ2) is 6.60. The highest BCUT2D eigenvalue weighted by Gasteiger charge is 2.13. The summed E-state index contributed by atoms with van der Waals surface area (Å²) in [5.74, 6) is -0.160. The number of para-hydroxylation sites is 2. The number of carbonyl (C=O) groups is 1. The quantitative estimate of drug-likeness (QED) is 0.480. The minimum absolute atomic E-state index is 0.160. The summed E-state index contributed by atoms with van der Waals surface area (Å²) >= 11 is 0. The molecule has 0 aliphatic rings. The molecule has 2 heterocycles. The fraction of sp³-hybridized carbons (Fsp3) is 0.0870. The Morgan fingerprint density at radius 2 is 1.66 bits per heavy atom. The molecule has 5 rings (SSSR count). The Hall–Kier alpha value is -3.93. The Bertz CT molecular complexity index is 1370. The van der Waals surface area contributed by atoms with Crippen molar-refractivity contribution < 1.29 is 4.79 Å². The summed E-state index contributed by atoms with van der Waals surface area (Å²) in [4.78, 5) is 27.5. The number of nitrogens with one attached hydrogen (secondary N) is 2. The van der Waals surface area contributed by atoms with Gasteiger partial charge in [0.15, 0.2) is 5.65 Å². The first kappa shape index (κ1) is 17.2. The average molecular weight is 381 g/mol. The summed E-state index contributed by atoms with van der Waals surface area (Å²) in [5, 5.41) is 3.84. The normalized spacial score (nSPS) is 11.2. The summed E-state index contributed by atoms with van der Waals surface area (Å²) in [6, 6.07) is 21.1. The van der Waals surface area contributed by atoms with E-state index < -0.39 is 0 Å². The molecule has 0 atom stereocenters. The van der Waals surface area contributed by atoms with Gasteiger partial charge in [-0.1, -0.05) is 12.1 Å². The molecule has 1 amide bonds. The van der Waals surface area contributed by atoms with Gasteiger partial charge >= 0.3 is 0 Å². The van der Waals surface area contributed by atoms with Gasteiger partial charge < -0.3 is 15.2 Å². The standard InChI is InChI=1S/C23H19N5O/c1-28(2)16-10-8-15(9-11-16)24-23(29)14-7-12-18-17(13-14)21-22(26-18)27-20-6-4-3-5-19(20)25-21/h3-13H,1-2H3,(H,24,29)(H,26,27). The van der Waals surface area contributed by atoms with Crippen LogP contribution in [0, 0.1) is 0 Å². The van der Waals surface area contributed by atoms with E-state index in [1.807, 2.05) is 79.7 Å². The number of aromatic nitrogens is 3. The largest absolute Gasteiger partial charge is 0.378 e. The summed E-state index contributed by atoms with van der Waals surface area (Å²) in [7, 11) is 3.96. The molecule has 0 fully saturated rings. The first-order chi connectivity index (χ1) is 14.1. The van der Waals surface area contributed by atoms with E-state index in [0.29, 0.717) is 5.56 Å². The van der Waals surface area contributed by atoms with Crippen molar-refractivity contribution in [3.05, 3.63) is 72.3 Å². The highest BCUT2D eigenvalue weighted by molar-refractivity contribution is 6.11. The fourth-order valence-corrected chi connectivity index (χ4v) is 3.44. The van der Waals surface area contributed by atoms with E-state index in [1.54, 1.807) is 6.07 Å². The van der Waals surface area contributed by atoms with E-state index in [9.17, 15) is 4.79 Å². The Kier molecular flexibility index (Phi) is 3.91. The molecule has 0 aliphatic carbocycles.